The Kier molecular flexibility index (Phi) is 4.70. The normalized spacial score (nSPS) is 18.0. The first-order valence-electron chi connectivity index (χ1n) is 6.16. The summed E-state index contributed by atoms with van der Waals surface area (Å²) < 4.78 is 5.19. The number of hydrogen-bond acceptors (Lipinski definition) is 3. The molecular weight excluding hydrogens is 262 g/mol. The highest BCUT2D eigenvalue weighted by Crippen LogP contribution is 2.05. The topological polar surface area (TPSA) is 76.4 Å². The van der Waals surface area contributed by atoms with Crippen molar-refractivity contribution in [2.45, 2.75) is 19.0 Å². The highest BCUT2D eigenvalue weighted by molar-refractivity contribution is 7.80. The molecule has 19 heavy (non-hydrogen) atoms. The van der Waals surface area contributed by atoms with Crippen LogP contribution in [0.2, 0.25) is 0 Å². The number of hydrogen-bond donors (Lipinski definition) is 3. The molecule has 1 unspecified atom stereocenters. The predicted molar refractivity (Wildman–Crippen MR) is 76.9 cm³/mol. The zero-order chi connectivity index (χ0) is 13.7. The van der Waals surface area contributed by atoms with E-state index in [-0.39, 0.29) is 12.1 Å². The molecule has 1 aromatic rings. The Hall–Kier alpha value is -1.66. The Morgan fingerprint density at radius 1 is 1.42 bits per heavy atom. The summed E-state index contributed by atoms with van der Waals surface area (Å²) in [7, 11) is 0. The van der Waals surface area contributed by atoms with Gasteiger partial charge in [0.05, 0.1) is 12.6 Å². The number of nitrogens with two attached hydrogens (primary N) is 1. The Morgan fingerprint density at radius 2 is 2.16 bits per heavy atom. The lowest BCUT2D eigenvalue weighted by molar-refractivity contribution is 0.188. The molecule has 1 fully saturated rings. The fourth-order valence-corrected chi connectivity index (χ4v) is 1.99. The standard InChI is InChI=1S/C13H17N3O2S/c14-12(19)10-3-1-9(2-4-10)7-15-13(17)16-11-5-6-18-8-11/h1-4,11H,5-8H2,(H2,14,19)(H2,15,16,17). The summed E-state index contributed by atoms with van der Waals surface area (Å²) in [6.07, 6.45) is 0.871. The molecule has 0 aromatic heterocycles. The van der Waals surface area contributed by atoms with E-state index in [9.17, 15) is 4.79 Å². The number of ether oxygens (including phenoxy) is 1. The summed E-state index contributed by atoms with van der Waals surface area (Å²) in [4.78, 5) is 12.0. The van der Waals surface area contributed by atoms with E-state index in [4.69, 9.17) is 22.7 Å². The van der Waals surface area contributed by atoms with E-state index in [0.717, 1.165) is 17.5 Å². The third-order valence-electron chi connectivity index (χ3n) is 2.96. The molecule has 5 nitrogen and oxygen atoms in total. The van der Waals surface area contributed by atoms with Crippen LogP contribution in [-0.4, -0.2) is 30.3 Å². The van der Waals surface area contributed by atoms with Gasteiger partial charge in [0.15, 0.2) is 0 Å². The number of carbonyl (C=O) groups excluding carboxylic acids is 1. The molecule has 1 aromatic carbocycles. The van der Waals surface area contributed by atoms with Gasteiger partial charge in [0.1, 0.15) is 4.99 Å². The van der Waals surface area contributed by atoms with Gasteiger partial charge >= 0.3 is 6.03 Å². The number of thiocarbonyl (C=S) groups is 1. The van der Waals surface area contributed by atoms with Gasteiger partial charge in [0.25, 0.3) is 0 Å². The van der Waals surface area contributed by atoms with E-state index in [1.165, 1.54) is 0 Å². The van der Waals surface area contributed by atoms with Crippen LogP contribution >= 0.6 is 12.2 Å². The molecule has 0 spiro atoms. The molecule has 1 heterocycles. The van der Waals surface area contributed by atoms with Crippen LogP contribution < -0.4 is 16.4 Å². The highest BCUT2D eigenvalue weighted by atomic mass is 32.1. The van der Waals surface area contributed by atoms with Crippen LogP contribution in [0.25, 0.3) is 0 Å². The van der Waals surface area contributed by atoms with Crippen LogP contribution in [0.15, 0.2) is 24.3 Å². The predicted octanol–water partition coefficient (Wildman–Crippen LogP) is 0.909. The zero-order valence-corrected chi connectivity index (χ0v) is 11.3. The number of rotatable bonds is 4. The minimum absolute atomic E-state index is 0.122. The average molecular weight is 279 g/mol. The van der Waals surface area contributed by atoms with Gasteiger partial charge in [-0.05, 0) is 12.0 Å². The van der Waals surface area contributed by atoms with Crippen molar-refractivity contribution in [3.05, 3.63) is 35.4 Å². The van der Waals surface area contributed by atoms with Gasteiger partial charge in [-0.3, -0.25) is 0 Å². The lowest BCUT2D eigenvalue weighted by Crippen LogP contribution is -2.42. The Balaban J connectivity index is 1.77. The number of amides is 2. The van der Waals surface area contributed by atoms with Gasteiger partial charge in [0.2, 0.25) is 0 Å². The Labute approximate surface area is 117 Å². The van der Waals surface area contributed by atoms with Crippen molar-refractivity contribution in [3.63, 3.8) is 0 Å². The Morgan fingerprint density at radius 3 is 2.74 bits per heavy atom. The largest absolute Gasteiger partial charge is 0.389 e. The summed E-state index contributed by atoms with van der Waals surface area (Å²) >= 11 is 4.88. The van der Waals surface area contributed by atoms with Crippen LogP contribution in [0.1, 0.15) is 17.5 Å². The third kappa shape index (κ3) is 4.18. The maximum absolute atomic E-state index is 11.6. The molecule has 0 radical (unpaired) electrons. The minimum atomic E-state index is -0.172. The van der Waals surface area contributed by atoms with Gasteiger partial charge in [0, 0.05) is 18.7 Å². The Bertz CT molecular complexity index is 455. The fourth-order valence-electron chi connectivity index (χ4n) is 1.85. The molecule has 1 aliphatic rings. The molecule has 0 saturated carbocycles. The number of benzene rings is 1. The van der Waals surface area contributed by atoms with Crippen LogP contribution in [0.5, 0.6) is 0 Å². The van der Waals surface area contributed by atoms with E-state index in [1.54, 1.807) is 0 Å². The molecule has 1 aliphatic heterocycles. The molecule has 102 valence electrons. The van der Waals surface area contributed by atoms with E-state index in [0.29, 0.717) is 24.7 Å². The second-order valence-corrected chi connectivity index (χ2v) is 4.89. The van der Waals surface area contributed by atoms with Crippen molar-refractivity contribution >= 4 is 23.2 Å². The molecule has 2 amide bonds. The molecule has 0 aliphatic carbocycles. The number of nitrogens with one attached hydrogen (secondary N) is 2. The summed E-state index contributed by atoms with van der Waals surface area (Å²) in [6.45, 7) is 1.78. The van der Waals surface area contributed by atoms with Crippen molar-refractivity contribution in [3.8, 4) is 0 Å². The fraction of sp³-hybridized carbons (Fsp3) is 0.385. The lowest BCUT2D eigenvalue weighted by atomic mass is 10.1. The van der Waals surface area contributed by atoms with E-state index in [2.05, 4.69) is 10.6 Å². The van der Waals surface area contributed by atoms with Gasteiger partial charge in [-0.2, -0.15) is 0 Å². The number of urea groups is 1. The highest BCUT2D eigenvalue weighted by Gasteiger charge is 2.17. The maximum Gasteiger partial charge on any atom is 0.315 e. The first-order valence-corrected chi connectivity index (χ1v) is 6.57. The smallest absolute Gasteiger partial charge is 0.315 e. The van der Waals surface area contributed by atoms with Crippen molar-refractivity contribution < 1.29 is 9.53 Å². The van der Waals surface area contributed by atoms with Gasteiger partial charge in [-0.15, -0.1) is 0 Å². The molecule has 6 heteroatoms. The lowest BCUT2D eigenvalue weighted by Gasteiger charge is -2.12. The zero-order valence-electron chi connectivity index (χ0n) is 10.5. The second-order valence-electron chi connectivity index (χ2n) is 4.45. The van der Waals surface area contributed by atoms with Gasteiger partial charge < -0.3 is 21.1 Å². The first-order chi connectivity index (χ1) is 9.15. The molecular formula is C13H17N3O2S. The number of carbonyl (C=O) groups is 1. The van der Waals surface area contributed by atoms with Crippen molar-refractivity contribution in [2.75, 3.05) is 13.2 Å². The monoisotopic (exact) mass is 279 g/mol. The van der Waals surface area contributed by atoms with Gasteiger partial charge in [-0.1, -0.05) is 36.5 Å². The third-order valence-corrected chi connectivity index (χ3v) is 3.19. The van der Waals surface area contributed by atoms with Crippen LogP contribution in [-0.2, 0) is 11.3 Å². The van der Waals surface area contributed by atoms with Crippen molar-refractivity contribution in [1.29, 1.82) is 0 Å². The van der Waals surface area contributed by atoms with Crippen LogP contribution in [0, 0.1) is 0 Å². The van der Waals surface area contributed by atoms with E-state index < -0.39 is 0 Å². The molecule has 2 rings (SSSR count). The van der Waals surface area contributed by atoms with Crippen LogP contribution in [0.4, 0.5) is 4.79 Å². The first kappa shape index (κ1) is 13.8. The second kappa shape index (κ2) is 6.49. The average Bonchev–Trinajstić information content (AvgIpc) is 2.89. The summed E-state index contributed by atoms with van der Waals surface area (Å²) in [6, 6.07) is 7.44. The molecule has 1 atom stereocenters. The van der Waals surface area contributed by atoms with Gasteiger partial charge in [-0.25, -0.2) is 4.79 Å². The minimum Gasteiger partial charge on any atom is -0.389 e. The van der Waals surface area contributed by atoms with E-state index in [1.807, 2.05) is 24.3 Å². The summed E-state index contributed by atoms with van der Waals surface area (Å²) in [5.41, 5.74) is 7.34. The van der Waals surface area contributed by atoms with E-state index >= 15 is 0 Å². The van der Waals surface area contributed by atoms with Crippen LogP contribution in [0.3, 0.4) is 0 Å². The molecule has 0 bridgehead atoms. The van der Waals surface area contributed by atoms with Crippen molar-refractivity contribution in [1.82, 2.24) is 10.6 Å². The SMILES string of the molecule is NC(=S)c1ccc(CNC(=O)NC2CCOC2)cc1. The molecule has 4 N–H and O–H groups in total. The maximum atomic E-state index is 11.6. The quantitative estimate of drug-likeness (QED) is 0.716. The molecule has 1 saturated heterocycles. The summed E-state index contributed by atoms with van der Waals surface area (Å²) in [5, 5.41) is 5.67. The van der Waals surface area contributed by atoms with Crippen molar-refractivity contribution in [2.24, 2.45) is 5.73 Å². The summed E-state index contributed by atoms with van der Waals surface area (Å²) in [5.74, 6) is 0.